The molecular weight excluding hydrogens is 396 g/mol. The molecule has 1 amide bonds. The summed E-state index contributed by atoms with van der Waals surface area (Å²) >= 11 is 0. The highest BCUT2D eigenvalue weighted by Crippen LogP contribution is 2.30. The number of fused-ring (bicyclic) bond motifs is 1. The van der Waals surface area contributed by atoms with E-state index in [2.05, 4.69) is 5.32 Å². The molecule has 1 aliphatic heterocycles. The van der Waals surface area contributed by atoms with E-state index in [9.17, 15) is 22.8 Å². The minimum Gasteiger partial charge on any atom is -0.456 e. The molecule has 29 heavy (non-hydrogen) atoms. The predicted molar refractivity (Wildman–Crippen MR) is 106 cm³/mol. The van der Waals surface area contributed by atoms with E-state index in [4.69, 9.17) is 4.74 Å². The number of anilines is 1. The van der Waals surface area contributed by atoms with Crippen molar-refractivity contribution in [3.63, 3.8) is 0 Å². The number of ketones is 1. The fraction of sp³-hybridized carbons (Fsp3) is 0.250. The van der Waals surface area contributed by atoms with Crippen LogP contribution in [-0.4, -0.2) is 52.0 Å². The van der Waals surface area contributed by atoms with Gasteiger partial charge in [0.25, 0.3) is 5.91 Å². The molecule has 0 fully saturated rings. The van der Waals surface area contributed by atoms with Crippen LogP contribution in [0, 0.1) is 0 Å². The molecule has 0 unspecified atom stereocenters. The first-order chi connectivity index (χ1) is 13.8. The van der Waals surface area contributed by atoms with Crippen molar-refractivity contribution in [1.82, 2.24) is 5.32 Å². The van der Waals surface area contributed by atoms with Crippen LogP contribution in [0.3, 0.4) is 0 Å². The maximum absolute atomic E-state index is 12.3. The van der Waals surface area contributed by atoms with E-state index < -0.39 is 34.3 Å². The van der Waals surface area contributed by atoms with Crippen molar-refractivity contribution in [1.29, 1.82) is 0 Å². The zero-order chi connectivity index (χ0) is 21.0. The molecule has 3 rings (SSSR count). The second-order valence-corrected chi connectivity index (χ2v) is 8.47. The summed E-state index contributed by atoms with van der Waals surface area (Å²) in [6.07, 6.45) is 1.64. The summed E-state index contributed by atoms with van der Waals surface area (Å²) in [7, 11) is -3.36. The number of rotatable bonds is 7. The molecule has 152 valence electrons. The highest BCUT2D eigenvalue weighted by atomic mass is 32.2. The Labute approximate surface area is 168 Å². The molecule has 0 atom stereocenters. The molecular formula is C20H20N2O6S. The number of ether oxygens (including phenoxy) is 1. The van der Waals surface area contributed by atoms with Gasteiger partial charge in [0, 0.05) is 17.7 Å². The standard InChI is InChI=1S/C20H20N2O6S/c1-29(26,27)22-10-9-15-11-16(7-8-17(15)22)18(23)13-28-19(24)12-21-20(25)14-5-3-2-4-6-14/h2-8,11H,9-10,12-13H2,1H3,(H,21,25). The second-order valence-electron chi connectivity index (χ2n) is 6.56. The normalized spacial score (nSPS) is 12.9. The van der Waals surface area contributed by atoms with Crippen LogP contribution in [0.1, 0.15) is 26.3 Å². The average Bonchev–Trinajstić information content (AvgIpc) is 3.14. The molecule has 1 N–H and O–H groups in total. The number of nitrogens with one attached hydrogen (secondary N) is 1. The molecule has 8 nitrogen and oxygen atoms in total. The molecule has 1 aliphatic rings. The van der Waals surface area contributed by atoms with Crippen molar-refractivity contribution in [3.05, 3.63) is 65.2 Å². The number of amides is 1. The summed E-state index contributed by atoms with van der Waals surface area (Å²) in [4.78, 5) is 36.0. The fourth-order valence-corrected chi connectivity index (χ4v) is 3.97. The Hall–Kier alpha value is -3.20. The topological polar surface area (TPSA) is 110 Å². The monoisotopic (exact) mass is 416 g/mol. The first-order valence-corrected chi connectivity index (χ1v) is 10.7. The molecule has 0 radical (unpaired) electrons. The first-order valence-electron chi connectivity index (χ1n) is 8.88. The van der Waals surface area contributed by atoms with Crippen LogP contribution >= 0.6 is 0 Å². The molecule has 0 saturated carbocycles. The highest BCUT2D eigenvalue weighted by molar-refractivity contribution is 7.92. The Morgan fingerprint density at radius 2 is 1.79 bits per heavy atom. The summed E-state index contributed by atoms with van der Waals surface area (Å²) < 4.78 is 29.8. The van der Waals surface area contributed by atoms with Crippen LogP contribution < -0.4 is 9.62 Å². The Bertz CT molecular complexity index is 1050. The minimum absolute atomic E-state index is 0.334. The molecule has 0 spiro atoms. The molecule has 0 bridgehead atoms. The van der Waals surface area contributed by atoms with Crippen molar-refractivity contribution in [2.75, 3.05) is 30.3 Å². The van der Waals surface area contributed by atoms with Crippen LogP contribution in [0.4, 0.5) is 5.69 Å². The van der Waals surface area contributed by atoms with Gasteiger partial charge in [-0.05, 0) is 42.3 Å². The SMILES string of the molecule is CS(=O)(=O)N1CCc2cc(C(=O)COC(=O)CNC(=O)c3ccccc3)ccc21. The lowest BCUT2D eigenvalue weighted by Gasteiger charge is -2.16. The van der Waals surface area contributed by atoms with Gasteiger partial charge in [-0.1, -0.05) is 18.2 Å². The lowest BCUT2D eigenvalue weighted by molar-refractivity contribution is -0.141. The van der Waals surface area contributed by atoms with Crippen molar-refractivity contribution < 1.29 is 27.5 Å². The van der Waals surface area contributed by atoms with Gasteiger partial charge in [0.15, 0.2) is 12.4 Å². The zero-order valence-electron chi connectivity index (χ0n) is 15.8. The molecule has 0 aliphatic carbocycles. The van der Waals surface area contributed by atoms with Gasteiger partial charge >= 0.3 is 5.97 Å². The number of benzene rings is 2. The van der Waals surface area contributed by atoms with E-state index in [0.717, 1.165) is 11.8 Å². The fourth-order valence-electron chi connectivity index (χ4n) is 3.01. The van der Waals surface area contributed by atoms with Gasteiger partial charge in [-0.25, -0.2) is 8.42 Å². The quantitative estimate of drug-likeness (QED) is 0.536. The molecule has 9 heteroatoms. The van der Waals surface area contributed by atoms with Gasteiger partial charge < -0.3 is 10.1 Å². The van der Waals surface area contributed by atoms with Gasteiger partial charge in [0.2, 0.25) is 10.0 Å². The van der Waals surface area contributed by atoms with Gasteiger partial charge in [-0.15, -0.1) is 0 Å². The third-order valence-electron chi connectivity index (χ3n) is 4.45. The van der Waals surface area contributed by atoms with E-state index in [1.54, 1.807) is 42.5 Å². The first kappa shape index (κ1) is 20.5. The Kier molecular flexibility index (Phi) is 5.97. The van der Waals surface area contributed by atoms with Crippen LogP contribution in [-0.2, 0) is 26.0 Å². The van der Waals surface area contributed by atoms with Gasteiger partial charge in [-0.2, -0.15) is 0 Å². The molecule has 1 heterocycles. The number of carbonyl (C=O) groups excluding carboxylic acids is 3. The number of carbonyl (C=O) groups is 3. The van der Waals surface area contributed by atoms with Crippen LogP contribution in [0.2, 0.25) is 0 Å². The van der Waals surface area contributed by atoms with E-state index in [1.165, 1.54) is 10.4 Å². The van der Waals surface area contributed by atoms with Crippen LogP contribution in [0.25, 0.3) is 0 Å². The third-order valence-corrected chi connectivity index (χ3v) is 5.63. The van der Waals surface area contributed by atoms with Crippen molar-refractivity contribution in [2.45, 2.75) is 6.42 Å². The van der Waals surface area contributed by atoms with Crippen molar-refractivity contribution in [2.24, 2.45) is 0 Å². The van der Waals surface area contributed by atoms with Gasteiger partial charge in [0.1, 0.15) is 6.54 Å². The maximum atomic E-state index is 12.3. The number of hydrogen-bond donors (Lipinski definition) is 1. The number of sulfonamides is 1. The van der Waals surface area contributed by atoms with Crippen molar-refractivity contribution in [3.8, 4) is 0 Å². The number of nitrogens with zero attached hydrogens (tertiary/aromatic N) is 1. The molecule has 2 aromatic rings. The van der Waals surface area contributed by atoms with E-state index in [0.29, 0.717) is 29.8 Å². The molecule has 0 saturated heterocycles. The predicted octanol–water partition coefficient (Wildman–Crippen LogP) is 1.16. The smallest absolute Gasteiger partial charge is 0.325 e. The number of hydrogen-bond acceptors (Lipinski definition) is 6. The summed E-state index contributed by atoms with van der Waals surface area (Å²) in [5.41, 5.74) is 2.06. The van der Waals surface area contributed by atoms with Gasteiger partial charge in [0.05, 0.1) is 11.9 Å². The minimum atomic E-state index is -3.36. The van der Waals surface area contributed by atoms with Gasteiger partial charge in [-0.3, -0.25) is 18.7 Å². The summed E-state index contributed by atoms with van der Waals surface area (Å²) in [6, 6.07) is 13.1. The average molecular weight is 416 g/mol. The summed E-state index contributed by atoms with van der Waals surface area (Å²) in [6.45, 7) is -0.481. The largest absolute Gasteiger partial charge is 0.456 e. The summed E-state index contributed by atoms with van der Waals surface area (Å²) in [5.74, 6) is -1.55. The van der Waals surface area contributed by atoms with Crippen LogP contribution in [0.15, 0.2) is 48.5 Å². The number of Topliss-reactive ketones (excluding diaryl/α,β-unsaturated/α-hetero) is 1. The lowest BCUT2D eigenvalue weighted by Crippen LogP contribution is -2.31. The Morgan fingerprint density at radius 3 is 2.48 bits per heavy atom. The number of esters is 1. The van der Waals surface area contributed by atoms with E-state index in [-0.39, 0.29) is 6.54 Å². The summed E-state index contributed by atoms with van der Waals surface area (Å²) in [5, 5.41) is 2.43. The van der Waals surface area contributed by atoms with E-state index in [1.807, 2.05) is 0 Å². The highest BCUT2D eigenvalue weighted by Gasteiger charge is 2.26. The molecule has 0 aromatic heterocycles. The Balaban J connectivity index is 1.52. The van der Waals surface area contributed by atoms with E-state index >= 15 is 0 Å². The molecule has 2 aromatic carbocycles. The van der Waals surface area contributed by atoms with Crippen LogP contribution in [0.5, 0.6) is 0 Å². The zero-order valence-corrected chi connectivity index (χ0v) is 16.6. The lowest BCUT2D eigenvalue weighted by atomic mass is 10.1. The Morgan fingerprint density at radius 1 is 1.07 bits per heavy atom. The second kappa shape index (κ2) is 8.44. The third kappa shape index (κ3) is 5.00. The van der Waals surface area contributed by atoms with Crippen molar-refractivity contribution >= 4 is 33.4 Å². The maximum Gasteiger partial charge on any atom is 0.325 e.